The topological polar surface area (TPSA) is 21.3 Å². The van der Waals surface area contributed by atoms with Gasteiger partial charge in [0, 0.05) is 6.54 Å². The molecule has 0 aliphatic heterocycles. The van der Waals surface area contributed by atoms with Crippen LogP contribution >= 0.6 is 0 Å². The van der Waals surface area contributed by atoms with E-state index in [1.54, 1.807) is 0 Å². The average molecular weight is 227 g/mol. The summed E-state index contributed by atoms with van der Waals surface area (Å²) in [7, 11) is 0. The maximum atomic E-state index is 5.94. The summed E-state index contributed by atoms with van der Waals surface area (Å²) in [5, 5.41) is 3.42. The molecule has 0 aromatic heterocycles. The van der Waals surface area contributed by atoms with E-state index in [0.29, 0.717) is 6.10 Å². The summed E-state index contributed by atoms with van der Waals surface area (Å²) in [5.41, 5.74) is 0. The second kappa shape index (κ2) is 8.08. The van der Waals surface area contributed by atoms with Crippen molar-refractivity contribution < 1.29 is 4.74 Å². The molecule has 1 aliphatic carbocycles. The predicted molar refractivity (Wildman–Crippen MR) is 69.7 cm³/mol. The number of ether oxygens (including phenoxy) is 1. The van der Waals surface area contributed by atoms with Gasteiger partial charge in [-0.15, -0.1) is 0 Å². The van der Waals surface area contributed by atoms with Gasteiger partial charge in [-0.2, -0.15) is 0 Å². The Morgan fingerprint density at radius 2 is 1.75 bits per heavy atom. The number of unbranched alkanes of at least 4 members (excludes halogenated alkanes) is 1. The van der Waals surface area contributed by atoms with Crippen molar-refractivity contribution in [2.75, 3.05) is 19.7 Å². The van der Waals surface area contributed by atoms with Gasteiger partial charge in [-0.25, -0.2) is 0 Å². The zero-order valence-corrected chi connectivity index (χ0v) is 11.3. The Bertz CT molecular complexity index is 162. The quantitative estimate of drug-likeness (QED) is 0.674. The van der Waals surface area contributed by atoms with Gasteiger partial charge >= 0.3 is 0 Å². The summed E-state index contributed by atoms with van der Waals surface area (Å²) in [6.45, 7) is 9.96. The van der Waals surface area contributed by atoms with Crippen molar-refractivity contribution >= 4 is 0 Å². The standard InChI is InChI=1S/C14H29NO/c1-4-5-6-15-7-8-16-14-10-12(2)9-13(3)11-14/h12-15H,4-11H2,1-3H3. The lowest BCUT2D eigenvalue weighted by molar-refractivity contribution is 0.00275. The van der Waals surface area contributed by atoms with Crippen LogP contribution in [0.15, 0.2) is 0 Å². The molecule has 0 aromatic carbocycles. The lowest BCUT2D eigenvalue weighted by Crippen LogP contribution is -2.29. The fraction of sp³-hybridized carbons (Fsp3) is 1.00. The van der Waals surface area contributed by atoms with Crippen molar-refractivity contribution in [3.05, 3.63) is 0 Å². The minimum atomic E-state index is 0.520. The van der Waals surface area contributed by atoms with Crippen LogP contribution in [0.2, 0.25) is 0 Å². The molecule has 1 N–H and O–H groups in total. The first-order chi connectivity index (χ1) is 7.72. The average Bonchev–Trinajstić information content (AvgIpc) is 2.22. The molecule has 0 heterocycles. The van der Waals surface area contributed by atoms with E-state index in [2.05, 4.69) is 26.1 Å². The fourth-order valence-corrected chi connectivity index (χ4v) is 2.73. The van der Waals surface area contributed by atoms with Crippen molar-refractivity contribution in [2.24, 2.45) is 11.8 Å². The Balaban J connectivity index is 1.99. The number of rotatable bonds is 7. The maximum Gasteiger partial charge on any atom is 0.0594 e. The largest absolute Gasteiger partial charge is 0.377 e. The monoisotopic (exact) mass is 227 g/mol. The van der Waals surface area contributed by atoms with Crippen LogP contribution < -0.4 is 5.32 Å². The molecule has 2 heteroatoms. The zero-order chi connectivity index (χ0) is 11.8. The van der Waals surface area contributed by atoms with E-state index < -0.39 is 0 Å². The van der Waals surface area contributed by atoms with E-state index in [9.17, 15) is 0 Å². The van der Waals surface area contributed by atoms with Gasteiger partial charge in [0.2, 0.25) is 0 Å². The molecule has 0 bridgehead atoms. The van der Waals surface area contributed by atoms with Gasteiger partial charge in [0.1, 0.15) is 0 Å². The van der Waals surface area contributed by atoms with Crippen LogP contribution in [0, 0.1) is 11.8 Å². The van der Waals surface area contributed by atoms with Crippen LogP contribution in [0.25, 0.3) is 0 Å². The number of nitrogens with one attached hydrogen (secondary N) is 1. The third kappa shape index (κ3) is 5.86. The maximum absolute atomic E-state index is 5.94. The molecule has 0 spiro atoms. The minimum absolute atomic E-state index is 0.520. The van der Waals surface area contributed by atoms with Crippen LogP contribution in [0.4, 0.5) is 0 Å². The molecule has 1 rings (SSSR count). The number of hydrogen-bond acceptors (Lipinski definition) is 2. The van der Waals surface area contributed by atoms with E-state index >= 15 is 0 Å². The first kappa shape index (κ1) is 14.0. The zero-order valence-electron chi connectivity index (χ0n) is 11.3. The van der Waals surface area contributed by atoms with E-state index in [-0.39, 0.29) is 0 Å². The fourth-order valence-electron chi connectivity index (χ4n) is 2.73. The van der Waals surface area contributed by atoms with Crippen LogP contribution in [-0.2, 0) is 4.74 Å². The molecule has 96 valence electrons. The van der Waals surface area contributed by atoms with E-state index in [1.165, 1.54) is 32.1 Å². The van der Waals surface area contributed by atoms with Crippen molar-refractivity contribution in [1.82, 2.24) is 5.32 Å². The van der Waals surface area contributed by atoms with Crippen molar-refractivity contribution in [2.45, 2.75) is 59.0 Å². The molecule has 2 nitrogen and oxygen atoms in total. The van der Waals surface area contributed by atoms with Gasteiger partial charge in [0.05, 0.1) is 12.7 Å². The summed E-state index contributed by atoms with van der Waals surface area (Å²) in [6.07, 6.45) is 6.97. The molecular weight excluding hydrogens is 198 g/mol. The Morgan fingerprint density at radius 1 is 1.06 bits per heavy atom. The molecule has 1 aliphatic rings. The molecular formula is C14H29NO. The Hall–Kier alpha value is -0.0800. The van der Waals surface area contributed by atoms with Crippen molar-refractivity contribution in [3.63, 3.8) is 0 Å². The number of hydrogen-bond donors (Lipinski definition) is 1. The van der Waals surface area contributed by atoms with Crippen LogP contribution in [0.3, 0.4) is 0 Å². The molecule has 16 heavy (non-hydrogen) atoms. The lowest BCUT2D eigenvalue weighted by atomic mass is 9.82. The third-order valence-corrected chi connectivity index (χ3v) is 3.47. The van der Waals surface area contributed by atoms with Crippen LogP contribution in [-0.4, -0.2) is 25.8 Å². The van der Waals surface area contributed by atoms with Gasteiger partial charge in [-0.1, -0.05) is 27.2 Å². The van der Waals surface area contributed by atoms with Crippen molar-refractivity contribution in [3.8, 4) is 0 Å². The molecule has 0 radical (unpaired) electrons. The molecule has 0 aromatic rings. The normalized spacial score (nSPS) is 30.6. The smallest absolute Gasteiger partial charge is 0.0594 e. The van der Waals surface area contributed by atoms with Crippen molar-refractivity contribution in [1.29, 1.82) is 0 Å². The van der Waals surface area contributed by atoms with E-state index in [0.717, 1.165) is 31.5 Å². The summed E-state index contributed by atoms with van der Waals surface area (Å²) in [4.78, 5) is 0. The molecule has 2 unspecified atom stereocenters. The molecule has 0 amide bonds. The summed E-state index contributed by atoms with van der Waals surface area (Å²) in [5.74, 6) is 1.70. The predicted octanol–water partition coefficient (Wildman–Crippen LogP) is 3.22. The van der Waals surface area contributed by atoms with Gasteiger partial charge in [0.25, 0.3) is 0 Å². The van der Waals surface area contributed by atoms with Crippen LogP contribution in [0.1, 0.15) is 52.9 Å². The Morgan fingerprint density at radius 3 is 2.38 bits per heavy atom. The van der Waals surface area contributed by atoms with Gasteiger partial charge in [-0.05, 0) is 44.1 Å². The summed E-state index contributed by atoms with van der Waals surface area (Å²) < 4.78 is 5.94. The molecule has 0 saturated heterocycles. The Kier molecular flexibility index (Phi) is 7.06. The van der Waals surface area contributed by atoms with E-state index in [4.69, 9.17) is 4.74 Å². The van der Waals surface area contributed by atoms with E-state index in [1.807, 2.05) is 0 Å². The highest BCUT2D eigenvalue weighted by molar-refractivity contribution is 4.75. The second-order valence-electron chi connectivity index (χ2n) is 5.51. The highest BCUT2D eigenvalue weighted by Gasteiger charge is 2.23. The minimum Gasteiger partial charge on any atom is -0.377 e. The molecule has 2 atom stereocenters. The van der Waals surface area contributed by atoms with Gasteiger partial charge in [-0.3, -0.25) is 0 Å². The first-order valence-corrected chi connectivity index (χ1v) is 7.04. The SMILES string of the molecule is CCCCNCCOC1CC(C)CC(C)C1. The molecule has 1 saturated carbocycles. The lowest BCUT2D eigenvalue weighted by Gasteiger charge is -2.31. The summed E-state index contributed by atoms with van der Waals surface area (Å²) in [6, 6.07) is 0. The van der Waals surface area contributed by atoms with Gasteiger partial charge < -0.3 is 10.1 Å². The highest BCUT2D eigenvalue weighted by Crippen LogP contribution is 2.30. The highest BCUT2D eigenvalue weighted by atomic mass is 16.5. The summed E-state index contributed by atoms with van der Waals surface area (Å²) >= 11 is 0. The van der Waals surface area contributed by atoms with Gasteiger partial charge in [0.15, 0.2) is 0 Å². The third-order valence-electron chi connectivity index (χ3n) is 3.47. The molecule has 1 fully saturated rings. The van der Waals surface area contributed by atoms with Crippen LogP contribution in [0.5, 0.6) is 0 Å². The Labute approximate surface area is 101 Å². The first-order valence-electron chi connectivity index (χ1n) is 7.04. The second-order valence-corrected chi connectivity index (χ2v) is 5.51.